The van der Waals surface area contributed by atoms with Gasteiger partial charge in [0.2, 0.25) is 0 Å². The fraction of sp³-hybridized carbons (Fsp3) is 0.143. The first-order valence-electron chi connectivity index (χ1n) is 6.04. The molecule has 0 aliphatic rings. The molecule has 4 nitrogen and oxygen atoms in total. The minimum Gasteiger partial charge on any atom is -0.755 e. The second-order valence-corrected chi connectivity index (χ2v) is 5.90. The normalized spacial score (nSPS) is 11.5. The molecule has 0 amide bonds. The fourth-order valence-corrected chi connectivity index (χ4v) is 2.79. The topological polar surface area (TPSA) is 65.3 Å². The van der Waals surface area contributed by atoms with Gasteiger partial charge in [0.15, 0.2) is 0 Å². The molecular weight excluding hydrogens is 419 g/mol. The number of rotatable bonds is 6. The van der Waals surface area contributed by atoms with Crippen molar-refractivity contribution in [1.29, 1.82) is 0 Å². The Morgan fingerprint density at radius 1 is 1.45 bits per heavy atom. The molecule has 8 heteroatoms. The number of hydrogen-bond donors (Lipinski definition) is 1. The molecule has 2 aromatic rings. The van der Waals surface area contributed by atoms with E-state index in [2.05, 4.69) is 11.6 Å². The van der Waals surface area contributed by atoms with Crippen LogP contribution < -0.4 is 4.72 Å². The van der Waals surface area contributed by atoms with Crippen molar-refractivity contribution in [3.05, 3.63) is 59.4 Å². The predicted octanol–water partition coefficient (Wildman–Crippen LogP) is 3.47. The van der Waals surface area contributed by atoms with Crippen LogP contribution in [0.4, 0.5) is 5.69 Å². The molecule has 0 saturated carbocycles. The van der Waals surface area contributed by atoms with Gasteiger partial charge in [-0.1, -0.05) is 17.7 Å². The molecular formula is C14H12ClNO3S2Y-2. The Balaban J connectivity index is 0.00000242. The van der Waals surface area contributed by atoms with Crippen molar-refractivity contribution in [2.75, 3.05) is 4.72 Å². The SMILES string of the molecule is [CH2-]C(=S)c1cc(NS(=O)[O-])c(Cl)cc1CCc1ccco1.[Y]. The first kappa shape index (κ1) is 19.8. The van der Waals surface area contributed by atoms with Gasteiger partial charge in [0.25, 0.3) is 0 Å². The summed E-state index contributed by atoms with van der Waals surface area (Å²) in [5.41, 5.74) is 1.89. The van der Waals surface area contributed by atoms with Gasteiger partial charge in [-0.3, -0.25) is 4.21 Å². The largest absolute Gasteiger partial charge is 0.755 e. The van der Waals surface area contributed by atoms with Crippen LogP contribution in [0.5, 0.6) is 0 Å². The summed E-state index contributed by atoms with van der Waals surface area (Å²) in [7, 11) is 0. The molecule has 0 aliphatic heterocycles. The molecule has 1 N–H and O–H groups in total. The van der Waals surface area contributed by atoms with Gasteiger partial charge in [-0.15, -0.1) is 28.7 Å². The Labute approximate surface area is 167 Å². The van der Waals surface area contributed by atoms with Gasteiger partial charge in [-0.25, -0.2) is 6.92 Å². The summed E-state index contributed by atoms with van der Waals surface area (Å²) < 4.78 is 29.0. The van der Waals surface area contributed by atoms with E-state index in [1.807, 2.05) is 12.1 Å². The summed E-state index contributed by atoms with van der Waals surface area (Å²) >= 11 is 8.76. The molecule has 1 unspecified atom stereocenters. The van der Waals surface area contributed by atoms with Gasteiger partial charge in [0.1, 0.15) is 5.76 Å². The molecule has 0 bridgehead atoms. The van der Waals surface area contributed by atoms with Crippen molar-refractivity contribution in [1.82, 2.24) is 0 Å². The Morgan fingerprint density at radius 2 is 2.18 bits per heavy atom. The van der Waals surface area contributed by atoms with E-state index < -0.39 is 11.3 Å². The van der Waals surface area contributed by atoms with Crippen LogP contribution in [0.1, 0.15) is 16.9 Å². The van der Waals surface area contributed by atoms with Crippen LogP contribution in [-0.2, 0) is 56.8 Å². The molecule has 0 spiro atoms. The number of thiocarbonyl (C=S) groups is 1. The first-order valence-corrected chi connectivity index (χ1v) is 7.90. The fourth-order valence-electron chi connectivity index (χ4n) is 1.96. The number of hydrogen-bond acceptors (Lipinski definition) is 4. The zero-order valence-electron chi connectivity index (χ0n) is 11.5. The summed E-state index contributed by atoms with van der Waals surface area (Å²) in [6, 6.07) is 7.02. The third kappa shape index (κ3) is 5.44. The van der Waals surface area contributed by atoms with Gasteiger partial charge in [0, 0.05) is 56.1 Å². The molecule has 22 heavy (non-hydrogen) atoms. The molecule has 1 aromatic heterocycles. The van der Waals surface area contributed by atoms with E-state index in [4.69, 9.17) is 28.2 Å². The van der Waals surface area contributed by atoms with Gasteiger partial charge in [-0.05, 0) is 18.6 Å². The van der Waals surface area contributed by atoms with Gasteiger partial charge < -0.3 is 13.7 Å². The standard InChI is InChI=1S/C14H13ClNO3S2.Y/c1-9(20)12-8-14(16-21(17)18)13(15)7-10(12)4-5-11-3-2-6-19-11;/h2-3,6-8,16H,1,4-5H2,(H,17,18);/q-1;/p-1. The summed E-state index contributed by atoms with van der Waals surface area (Å²) in [5, 5.41) is 0.314. The zero-order valence-corrected chi connectivity index (χ0v) is 16.7. The maximum Gasteiger partial charge on any atom is 0.104 e. The van der Waals surface area contributed by atoms with E-state index in [9.17, 15) is 8.76 Å². The second kappa shape index (κ2) is 9.16. The van der Waals surface area contributed by atoms with Crippen LogP contribution in [0.15, 0.2) is 34.9 Å². The number of furan rings is 1. The van der Waals surface area contributed by atoms with Crippen molar-refractivity contribution in [2.24, 2.45) is 0 Å². The number of anilines is 1. The van der Waals surface area contributed by atoms with E-state index in [1.165, 1.54) is 0 Å². The van der Waals surface area contributed by atoms with E-state index in [1.54, 1.807) is 18.4 Å². The molecule has 115 valence electrons. The quantitative estimate of drug-likeness (QED) is 0.330. The minimum atomic E-state index is -2.45. The maximum absolute atomic E-state index is 10.7. The second-order valence-electron chi connectivity index (χ2n) is 4.33. The summed E-state index contributed by atoms with van der Waals surface area (Å²) in [5.74, 6) is 0.856. The van der Waals surface area contributed by atoms with Crippen molar-refractivity contribution in [3.63, 3.8) is 0 Å². The average Bonchev–Trinajstić information content (AvgIpc) is 2.91. The van der Waals surface area contributed by atoms with Crippen LogP contribution in [0.2, 0.25) is 5.02 Å². The third-order valence-corrected chi connectivity index (χ3v) is 3.83. The molecule has 0 aliphatic carbocycles. The summed E-state index contributed by atoms with van der Waals surface area (Å²) in [4.78, 5) is 0.431. The Kier molecular flexibility index (Phi) is 8.24. The van der Waals surface area contributed by atoms with E-state index in [0.29, 0.717) is 28.3 Å². The Morgan fingerprint density at radius 3 is 2.73 bits per heavy atom. The number of aryl methyl sites for hydroxylation is 2. The van der Waals surface area contributed by atoms with Crippen LogP contribution in [0, 0.1) is 6.92 Å². The van der Waals surface area contributed by atoms with Gasteiger partial charge in [-0.2, -0.15) is 5.56 Å². The third-order valence-electron chi connectivity index (χ3n) is 2.91. The molecule has 1 radical (unpaired) electrons. The molecule has 1 atom stereocenters. The minimum absolute atomic E-state index is 0. The smallest absolute Gasteiger partial charge is 0.104 e. The van der Waals surface area contributed by atoms with Crippen LogP contribution >= 0.6 is 23.8 Å². The number of halogens is 1. The first-order chi connectivity index (χ1) is 9.97. The van der Waals surface area contributed by atoms with Crippen molar-refractivity contribution < 1.29 is 45.9 Å². The Hall–Kier alpha value is -0.236. The van der Waals surface area contributed by atoms with Crippen LogP contribution in [0.3, 0.4) is 0 Å². The van der Waals surface area contributed by atoms with E-state index in [0.717, 1.165) is 11.3 Å². The molecule has 1 heterocycles. The molecule has 0 fully saturated rings. The Bertz CT molecular complexity index is 677. The van der Waals surface area contributed by atoms with Crippen molar-refractivity contribution in [2.45, 2.75) is 12.8 Å². The molecule has 2 rings (SSSR count). The summed E-state index contributed by atoms with van der Waals surface area (Å²) in [6.07, 6.45) is 2.98. The van der Waals surface area contributed by atoms with Crippen molar-refractivity contribution >= 4 is 45.6 Å². The number of benzene rings is 1. The number of nitrogens with one attached hydrogen (secondary N) is 1. The monoisotopic (exact) mass is 430 g/mol. The van der Waals surface area contributed by atoms with Crippen LogP contribution in [-0.4, -0.2) is 13.6 Å². The van der Waals surface area contributed by atoms with Gasteiger partial charge in [0.05, 0.1) is 11.3 Å². The predicted molar refractivity (Wildman–Crippen MR) is 87.2 cm³/mol. The summed E-state index contributed by atoms with van der Waals surface area (Å²) in [6.45, 7) is 3.75. The van der Waals surface area contributed by atoms with E-state index in [-0.39, 0.29) is 38.4 Å². The van der Waals surface area contributed by atoms with E-state index >= 15 is 0 Å². The molecule has 1 aromatic carbocycles. The maximum atomic E-state index is 10.7. The zero-order chi connectivity index (χ0) is 15.4. The average molecular weight is 431 g/mol. The van der Waals surface area contributed by atoms with Crippen molar-refractivity contribution in [3.8, 4) is 0 Å². The van der Waals surface area contributed by atoms with Gasteiger partial charge >= 0.3 is 0 Å². The van der Waals surface area contributed by atoms with Crippen LogP contribution in [0.25, 0.3) is 0 Å². The molecule has 0 saturated heterocycles.